The van der Waals surface area contributed by atoms with Gasteiger partial charge in [0.25, 0.3) is 5.91 Å². The number of aryl methyl sites for hydroxylation is 1. The normalized spacial score (nSPS) is 17.0. The zero-order valence-corrected chi connectivity index (χ0v) is 19.9. The van der Waals surface area contributed by atoms with E-state index in [4.69, 9.17) is 4.74 Å². The minimum absolute atomic E-state index is 0.0135. The van der Waals surface area contributed by atoms with Gasteiger partial charge in [0.15, 0.2) is 0 Å². The highest BCUT2D eigenvalue weighted by Crippen LogP contribution is 2.21. The fourth-order valence-electron chi connectivity index (χ4n) is 3.68. The van der Waals surface area contributed by atoms with E-state index in [0.29, 0.717) is 31.9 Å². The third-order valence-electron chi connectivity index (χ3n) is 5.39. The first-order chi connectivity index (χ1) is 15.9. The molecular formula is C23H28N6O3S. The molecule has 0 aromatic carbocycles. The Bertz CT molecular complexity index is 1100. The van der Waals surface area contributed by atoms with Crippen LogP contribution in [-0.2, 0) is 29.7 Å². The van der Waals surface area contributed by atoms with Crippen LogP contribution in [0.1, 0.15) is 46.4 Å². The lowest BCUT2D eigenvalue weighted by Gasteiger charge is -2.24. The Labute approximate surface area is 197 Å². The molecule has 33 heavy (non-hydrogen) atoms. The van der Waals surface area contributed by atoms with Gasteiger partial charge >= 0.3 is 0 Å². The minimum atomic E-state index is -0.347. The van der Waals surface area contributed by atoms with Gasteiger partial charge in [0.2, 0.25) is 5.91 Å². The molecule has 3 aromatic rings. The molecular weight excluding hydrogens is 440 g/mol. The maximum Gasteiger partial charge on any atom is 0.273 e. The second-order valence-electron chi connectivity index (χ2n) is 8.50. The topological polar surface area (TPSA) is 93.5 Å². The lowest BCUT2D eigenvalue weighted by atomic mass is 10.2. The van der Waals surface area contributed by atoms with Crippen LogP contribution in [-0.4, -0.2) is 67.1 Å². The van der Waals surface area contributed by atoms with Crippen LogP contribution in [0, 0.1) is 0 Å². The molecule has 2 amide bonds. The third kappa shape index (κ3) is 5.82. The molecule has 4 heterocycles. The van der Waals surface area contributed by atoms with E-state index in [9.17, 15) is 9.59 Å². The summed E-state index contributed by atoms with van der Waals surface area (Å²) in [6, 6.07) is 3.79. The van der Waals surface area contributed by atoms with Crippen molar-refractivity contribution in [3.05, 3.63) is 64.1 Å². The first kappa shape index (κ1) is 23.1. The zero-order valence-electron chi connectivity index (χ0n) is 19.0. The van der Waals surface area contributed by atoms with Gasteiger partial charge in [0.05, 0.1) is 23.9 Å². The molecule has 0 bridgehead atoms. The molecule has 9 nitrogen and oxygen atoms in total. The molecule has 0 spiro atoms. The molecule has 1 atom stereocenters. The van der Waals surface area contributed by atoms with E-state index in [1.807, 2.05) is 39.2 Å². The van der Waals surface area contributed by atoms with E-state index < -0.39 is 0 Å². The van der Waals surface area contributed by atoms with Gasteiger partial charge in [0.1, 0.15) is 12.2 Å². The molecule has 4 rings (SSSR count). The number of nitrogens with zero attached hydrogens (tertiary/aromatic N) is 6. The molecule has 174 valence electrons. The van der Waals surface area contributed by atoms with Gasteiger partial charge in [-0.25, -0.2) is 4.98 Å². The molecule has 0 saturated carbocycles. The number of hydrogen-bond acceptors (Lipinski definition) is 7. The van der Waals surface area contributed by atoms with E-state index >= 15 is 0 Å². The van der Waals surface area contributed by atoms with Crippen LogP contribution in [0.4, 0.5) is 0 Å². The highest BCUT2D eigenvalue weighted by atomic mass is 32.1. The van der Waals surface area contributed by atoms with Crippen molar-refractivity contribution < 1.29 is 14.3 Å². The SMILES string of the molecule is CC(C)c1nc(C(=O)N2CC(=O)N(Cc3cnn(C)c3)C[C@@H](OCc3cccnc3)C2)cs1. The maximum absolute atomic E-state index is 13.2. The fraction of sp³-hybridized carbons (Fsp3) is 0.435. The van der Waals surface area contributed by atoms with Crippen molar-refractivity contribution in [3.63, 3.8) is 0 Å². The van der Waals surface area contributed by atoms with Gasteiger partial charge in [-0.2, -0.15) is 5.10 Å². The summed E-state index contributed by atoms with van der Waals surface area (Å²) in [5, 5.41) is 6.87. The van der Waals surface area contributed by atoms with E-state index in [1.54, 1.807) is 38.5 Å². The van der Waals surface area contributed by atoms with Gasteiger partial charge in [-0.1, -0.05) is 19.9 Å². The fourth-order valence-corrected chi connectivity index (χ4v) is 4.49. The molecule has 1 aliphatic rings. The highest BCUT2D eigenvalue weighted by Gasteiger charge is 2.32. The average molecular weight is 469 g/mol. The van der Waals surface area contributed by atoms with Gasteiger partial charge in [-0.3, -0.25) is 19.3 Å². The summed E-state index contributed by atoms with van der Waals surface area (Å²) in [4.78, 5) is 38.3. The largest absolute Gasteiger partial charge is 0.370 e. The molecule has 10 heteroatoms. The molecule has 1 saturated heterocycles. The zero-order chi connectivity index (χ0) is 23.4. The van der Waals surface area contributed by atoms with Crippen LogP contribution in [0.3, 0.4) is 0 Å². The molecule has 1 aliphatic heterocycles. The van der Waals surface area contributed by atoms with E-state index in [1.165, 1.54) is 11.3 Å². The summed E-state index contributed by atoms with van der Waals surface area (Å²) in [6.45, 7) is 5.52. The first-order valence-electron chi connectivity index (χ1n) is 10.9. The van der Waals surface area contributed by atoms with Crippen LogP contribution in [0.5, 0.6) is 0 Å². The number of carbonyl (C=O) groups is 2. The van der Waals surface area contributed by atoms with Crippen molar-refractivity contribution in [1.82, 2.24) is 29.5 Å². The smallest absolute Gasteiger partial charge is 0.273 e. The predicted molar refractivity (Wildman–Crippen MR) is 124 cm³/mol. The maximum atomic E-state index is 13.2. The summed E-state index contributed by atoms with van der Waals surface area (Å²) in [5.74, 6) is -0.128. The number of hydrogen-bond donors (Lipinski definition) is 0. The van der Waals surface area contributed by atoms with Crippen molar-refractivity contribution in [2.24, 2.45) is 7.05 Å². The quantitative estimate of drug-likeness (QED) is 0.529. The van der Waals surface area contributed by atoms with Crippen LogP contribution in [0.15, 0.2) is 42.3 Å². The van der Waals surface area contributed by atoms with Crippen molar-refractivity contribution in [1.29, 1.82) is 0 Å². The second-order valence-corrected chi connectivity index (χ2v) is 9.39. The number of pyridine rings is 1. The summed E-state index contributed by atoms with van der Waals surface area (Å²) < 4.78 is 7.87. The number of aromatic nitrogens is 4. The molecule has 3 aromatic heterocycles. The Morgan fingerprint density at radius 1 is 1.27 bits per heavy atom. The Morgan fingerprint density at radius 3 is 2.79 bits per heavy atom. The average Bonchev–Trinajstić information content (AvgIpc) is 3.42. The van der Waals surface area contributed by atoms with Crippen LogP contribution < -0.4 is 0 Å². The van der Waals surface area contributed by atoms with Gasteiger partial charge < -0.3 is 14.5 Å². The Balaban J connectivity index is 1.53. The lowest BCUT2D eigenvalue weighted by molar-refractivity contribution is -0.132. The van der Waals surface area contributed by atoms with Gasteiger partial charge in [-0.05, 0) is 11.6 Å². The number of thiazole rings is 1. The second kappa shape index (κ2) is 10.2. The van der Waals surface area contributed by atoms with E-state index in [-0.39, 0.29) is 30.4 Å². The Hall–Kier alpha value is -3.11. The van der Waals surface area contributed by atoms with Crippen LogP contribution in [0.25, 0.3) is 0 Å². The van der Waals surface area contributed by atoms with Gasteiger partial charge in [-0.15, -0.1) is 11.3 Å². The molecule has 0 aliphatic carbocycles. The predicted octanol–water partition coefficient (Wildman–Crippen LogP) is 2.46. The highest BCUT2D eigenvalue weighted by molar-refractivity contribution is 7.09. The first-order valence-corrected chi connectivity index (χ1v) is 11.8. The van der Waals surface area contributed by atoms with Crippen molar-refractivity contribution >= 4 is 23.2 Å². The molecule has 0 radical (unpaired) electrons. The van der Waals surface area contributed by atoms with E-state index in [0.717, 1.165) is 16.1 Å². The number of amides is 2. The lowest BCUT2D eigenvalue weighted by Crippen LogP contribution is -2.39. The molecule has 1 fully saturated rings. The molecule has 0 unspecified atom stereocenters. The van der Waals surface area contributed by atoms with Crippen LogP contribution in [0.2, 0.25) is 0 Å². The standard InChI is InChI=1S/C23H28N6O3S/c1-16(2)22-26-20(15-33-22)23(31)29-12-19(32-14-17-5-4-6-24-7-17)11-28(21(30)13-29)10-18-8-25-27(3)9-18/h4-9,15-16,19H,10-14H2,1-3H3/t19-/m1/s1. The summed E-state index contributed by atoms with van der Waals surface area (Å²) >= 11 is 1.47. The van der Waals surface area contributed by atoms with E-state index in [2.05, 4.69) is 15.1 Å². The Morgan fingerprint density at radius 2 is 2.12 bits per heavy atom. The monoisotopic (exact) mass is 468 g/mol. The van der Waals surface area contributed by atoms with Crippen molar-refractivity contribution in [3.8, 4) is 0 Å². The number of carbonyl (C=O) groups excluding carboxylic acids is 2. The third-order valence-corrected chi connectivity index (χ3v) is 6.53. The number of rotatable bonds is 7. The van der Waals surface area contributed by atoms with Crippen LogP contribution >= 0.6 is 11.3 Å². The summed E-state index contributed by atoms with van der Waals surface area (Å²) in [6.07, 6.45) is 6.75. The number of ether oxygens (including phenoxy) is 1. The summed E-state index contributed by atoms with van der Waals surface area (Å²) in [5.41, 5.74) is 2.24. The van der Waals surface area contributed by atoms with Gasteiger partial charge in [0, 0.05) is 62.1 Å². The minimum Gasteiger partial charge on any atom is -0.370 e. The van der Waals surface area contributed by atoms with Crippen molar-refractivity contribution in [2.75, 3.05) is 19.6 Å². The molecule has 0 N–H and O–H groups in total. The summed E-state index contributed by atoms with van der Waals surface area (Å²) in [7, 11) is 1.84. The van der Waals surface area contributed by atoms with Crippen molar-refractivity contribution in [2.45, 2.75) is 39.0 Å². The Kier molecular flexibility index (Phi) is 7.14.